The Hall–Kier alpha value is -5.87. The van der Waals surface area contributed by atoms with Crippen molar-refractivity contribution in [2.45, 2.75) is 25.1 Å². The zero-order valence-electron chi connectivity index (χ0n) is 26.7. The number of hydrogen-bond acceptors (Lipinski definition) is 9. The standard InChI is InChI=1S/C38H36N4O6/c1-44-32-22-19-30(36(24-32)45-2)25-46-38(43)34(39-37(28-11-5-3-6-12-28)29-13-7-4-8-14-29)23-27-17-20-31(21-18-27)47-26-48-42-35-16-10-9-15-33(35)40-41-42/h3-22,24,34,37,39H,23,25-26H2,1-2H3. The van der Waals surface area contributed by atoms with E-state index in [4.69, 9.17) is 23.8 Å². The lowest BCUT2D eigenvalue weighted by Gasteiger charge is -2.26. The predicted octanol–water partition coefficient (Wildman–Crippen LogP) is 5.95. The minimum atomic E-state index is -0.685. The van der Waals surface area contributed by atoms with Crippen LogP contribution in [-0.2, 0) is 22.6 Å². The molecule has 10 heteroatoms. The summed E-state index contributed by atoms with van der Waals surface area (Å²) in [6.45, 7) is -0.0206. The Bertz CT molecular complexity index is 1880. The molecule has 0 radical (unpaired) electrons. The number of benzene rings is 5. The molecule has 0 aliphatic rings. The Morgan fingerprint density at radius 2 is 1.44 bits per heavy atom. The molecule has 1 aromatic heterocycles. The first-order valence-corrected chi connectivity index (χ1v) is 15.5. The van der Waals surface area contributed by atoms with Gasteiger partial charge >= 0.3 is 5.97 Å². The largest absolute Gasteiger partial charge is 0.497 e. The summed E-state index contributed by atoms with van der Waals surface area (Å²) < 4.78 is 22.6. The number of ether oxygens (including phenoxy) is 4. The number of esters is 1. The molecule has 0 saturated carbocycles. The molecule has 0 aliphatic heterocycles. The lowest BCUT2D eigenvalue weighted by Crippen LogP contribution is -2.42. The number of nitrogens with zero attached hydrogens (tertiary/aromatic N) is 3. The molecule has 0 amide bonds. The van der Waals surface area contributed by atoms with Gasteiger partial charge in [-0.15, -0.1) is 5.10 Å². The monoisotopic (exact) mass is 644 g/mol. The van der Waals surface area contributed by atoms with Gasteiger partial charge in [-0.25, -0.2) is 0 Å². The van der Waals surface area contributed by atoms with Crippen LogP contribution in [0.1, 0.15) is 28.3 Å². The Morgan fingerprint density at radius 1 is 0.771 bits per heavy atom. The number of nitrogens with one attached hydrogen (secondary N) is 1. The molecule has 0 saturated heterocycles. The highest BCUT2D eigenvalue weighted by molar-refractivity contribution is 5.76. The molecular weight excluding hydrogens is 608 g/mol. The Labute approximate surface area is 278 Å². The van der Waals surface area contributed by atoms with Crippen molar-refractivity contribution in [1.82, 2.24) is 20.5 Å². The minimum Gasteiger partial charge on any atom is -0.497 e. The maximum absolute atomic E-state index is 13.9. The Kier molecular flexibility index (Phi) is 10.4. The summed E-state index contributed by atoms with van der Waals surface area (Å²) >= 11 is 0. The lowest BCUT2D eigenvalue weighted by atomic mass is 9.96. The van der Waals surface area contributed by atoms with E-state index in [1.165, 1.54) is 4.85 Å². The van der Waals surface area contributed by atoms with Gasteiger partial charge in [0.1, 0.15) is 40.9 Å². The van der Waals surface area contributed by atoms with Crippen LogP contribution in [0.4, 0.5) is 0 Å². The van der Waals surface area contributed by atoms with Gasteiger partial charge in [0.2, 0.25) is 0 Å². The molecule has 10 nitrogen and oxygen atoms in total. The van der Waals surface area contributed by atoms with Crippen molar-refractivity contribution < 1.29 is 28.6 Å². The van der Waals surface area contributed by atoms with Gasteiger partial charge in [-0.2, -0.15) is 0 Å². The third-order valence-electron chi connectivity index (χ3n) is 7.87. The van der Waals surface area contributed by atoms with Gasteiger partial charge in [0, 0.05) is 11.6 Å². The lowest BCUT2D eigenvalue weighted by molar-refractivity contribution is -0.147. The SMILES string of the molecule is COc1ccc(COC(=O)C(Cc2ccc(OCOn3nnc4ccccc43)cc2)NC(c2ccccc2)c2ccccc2)c(OC)c1. The second-order valence-corrected chi connectivity index (χ2v) is 10.9. The third-order valence-corrected chi connectivity index (χ3v) is 7.87. The molecule has 1 atom stereocenters. The van der Waals surface area contributed by atoms with E-state index in [1.807, 2.05) is 121 Å². The van der Waals surface area contributed by atoms with Gasteiger partial charge in [-0.3, -0.25) is 10.1 Å². The molecule has 0 fully saturated rings. The van der Waals surface area contributed by atoms with Crippen molar-refractivity contribution in [3.05, 3.63) is 150 Å². The van der Waals surface area contributed by atoms with Crippen LogP contribution in [0.15, 0.2) is 127 Å². The van der Waals surface area contributed by atoms with Crippen LogP contribution in [0, 0.1) is 0 Å². The number of para-hydroxylation sites is 1. The molecule has 244 valence electrons. The minimum absolute atomic E-state index is 0.0410. The number of carbonyl (C=O) groups excluding carboxylic acids is 1. The van der Waals surface area contributed by atoms with E-state index in [-0.39, 0.29) is 19.4 Å². The van der Waals surface area contributed by atoms with Crippen molar-refractivity contribution in [1.29, 1.82) is 0 Å². The number of aromatic nitrogens is 3. The number of fused-ring (bicyclic) bond motifs is 1. The molecule has 0 spiro atoms. The molecule has 1 N–H and O–H groups in total. The number of methoxy groups -OCH3 is 2. The average Bonchev–Trinajstić information content (AvgIpc) is 3.56. The van der Waals surface area contributed by atoms with Crippen LogP contribution in [0.3, 0.4) is 0 Å². The van der Waals surface area contributed by atoms with Crippen LogP contribution >= 0.6 is 0 Å². The van der Waals surface area contributed by atoms with Crippen LogP contribution in [0.2, 0.25) is 0 Å². The highest BCUT2D eigenvalue weighted by Gasteiger charge is 2.26. The molecule has 6 rings (SSSR count). The molecule has 0 bridgehead atoms. The van der Waals surface area contributed by atoms with E-state index < -0.39 is 12.0 Å². The predicted molar refractivity (Wildman–Crippen MR) is 181 cm³/mol. The number of carbonyl (C=O) groups is 1. The van der Waals surface area contributed by atoms with E-state index in [0.717, 1.165) is 33.3 Å². The van der Waals surface area contributed by atoms with E-state index in [0.29, 0.717) is 23.7 Å². The first-order valence-electron chi connectivity index (χ1n) is 15.5. The summed E-state index contributed by atoms with van der Waals surface area (Å²) in [7, 11) is 3.17. The van der Waals surface area contributed by atoms with Gasteiger partial charge < -0.3 is 23.8 Å². The van der Waals surface area contributed by atoms with Gasteiger partial charge in [-0.1, -0.05) is 89.8 Å². The fraction of sp³-hybridized carbons (Fsp3) is 0.184. The molecule has 6 aromatic rings. The second-order valence-electron chi connectivity index (χ2n) is 10.9. The van der Waals surface area contributed by atoms with E-state index in [2.05, 4.69) is 15.6 Å². The highest BCUT2D eigenvalue weighted by Crippen LogP contribution is 2.27. The average molecular weight is 645 g/mol. The summed E-state index contributed by atoms with van der Waals surface area (Å²) in [5.74, 6) is 1.45. The summed E-state index contributed by atoms with van der Waals surface area (Å²) in [6, 6.07) is 39.6. The van der Waals surface area contributed by atoms with Crippen molar-refractivity contribution in [2.75, 3.05) is 21.0 Å². The topological polar surface area (TPSA) is 106 Å². The third kappa shape index (κ3) is 7.91. The smallest absolute Gasteiger partial charge is 0.323 e. The van der Waals surface area contributed by atoms with Gasteiger partial charge in [-0.05, 0) is 64.7 Å². The van der Waals surface area contributed by atoms with E-state index >= 15 is 0 Å². The second kappa shape index (κ2) is 15.6. The molecule has 1 heterocycles. The maximum atomic E-state index is 13.9. The van der Waals surface area contributed by atoms with Gasteiger partial charge in [0.05, 0.1) is 20.3 Å². The van der Waals surface area contributed by atoms with Crippen LogP contribution in [0.25, 0.3) is 11.0 Å². The number of hydrogen-bond donors (Lipinski definition) is 1. The Morgan fingerprint density at radius 3 is 2.12 bits per heavy atom. The van der Waals surface area contributed by atoms with Crippen molar-refractivity contribution in [3.63, 3.8) is 0 Å². The fourth-order valence-electron chi connectivity index (χ4n) is 5.35. The highest BCUT2D eigenvalue weighted by atomic mass is 16.8. The first-order chi connectivity index (χ1) is 23.6. The Balaban J connectivity index is 1.18. The molecule has 48 heavy (non-hydrogen) atoms. The van der Waals surface area contributed by atoms with Crippen molar-refractivity contribution in [3.8, 4) is 17.2 Å². The zero-order valence-corrected chi connectivity index (χ0v) is 26.7. The molecule has 0 aliphatic carbocycles. The van der Waals surface area contributed by atoms with Gasteiger partial charge in [0.25, 0.3) is 6.79 Å². The normalized spacial score (nSPS) is 11.6. The first kappa shape index (κ1) is 32.1. The fourth-order valence-corrected chi connectivity index (χ4v) is 5.35. The summed E-state index contributed by atoms with van der Waals surface area (Å²) in [5, 5.41) is 11.7. The summed E-state index contributed by atoms with van der Waals surface area (Å²) in [5.41, 5.74) is 5.19. The molecular formula is C38H36N4O6. The number of rotatable bonds is 15. The van der Waals surface area contributed by atoms with Crippen LogP contribution < -0.4 is 24.4 Å². The van der Waals surface area contributed by atoms with Gasteiger partial charge in [0.15, 0.2) is 0 Å². The quantitative estimate of drug-likeness (QED) is 0.107. The van der Waals surface area contributed by atoms with Crippen molar-refractivity contribution >= 4 is 17.0 Å². The molecule has 5 aromatic carbocycles. The molecule has 1 unspecified atom stereocenters. The summed E-state index contributed by atoms with van der Waals surface area (Å²) in [6.07, 6.45) is 0.372. The zero-order chi connectivity index (χ0) is 33.1. The van der Waals surface area contributed by atoms with Crippen LogP contribution in [0.5, 0.6) is 17.2 Å². The van der Waals surface area contributed by atoms with Crippen LogP contribution in [-0.4, -0.2) is 48.2 Å². The van der Waals surface area contributed by atoms with E-state index in [9.17, 15) is 4.79 Å². The van der Waals surface area contributed by atoms with E-state index in [1.54, 1.807) is 20.3 Å². The summed E-state index contributed by atoms with van der Waals surface area (Å²) in [4.78, 5) is 20.8. The van der Waals surface area contributed by atoms with Crippen molar-refractivity contribution in [2.24, 2.45) is 0 Å². The maximum Gasteiger partial charge on any atom is 0.323 e.